The molecule has 0 saturated carbocycles. The van der Waals surface area contributed by atoms with Gasteiger partial charge < -0.3 is 9.84 Å². The van der Waals surface area contributed by atoms with Gasteiger partial charge in [-0.25, -0.2) is 0 Å². The fourth-order valence-electron chi connectivity index (χ4n) is 1.28. The van der Waals surface area contributed by atoms with Crippen LogP contribution in [0, 0.1) is 6.92 Å². The Morgan fingerprint density at radius 3 is 2.53 bits per heavy atom. The van der Waals surface area contributed by atoms with Crippen LogP contribution in [0.2, 0.25) is 0 Å². The number of halogens is 3. The van der Waals surface area contributed by atoms with Crippen LogP contribution in [0.3, 0.4) is 0 Å². The van der Waals surface area contributed by atoms with Crippen molar-refractivity contribution >= 4 is 0 Å². The van der Waals surface area contributed by atoms with Gasteiger partial charge in [-0.1, -0.05) is 17.7 Å². The predicted octanol–water partition coefficient (Wildman–Crippen LogP) is 2.40. The Labute approximate surface area is 96.8 Å². The number of aliphatic hydroxyl groups is 1. The third kappa shape index (κ3) is 5.06. The lowest BCUT2D eigenvalue weighted by atomic mass is 10.1. The molecule has 17 heavy (non-hydrogen) atoms. The Kier molecular flexibility index (Phi) is 4.77. The normalized spacial score (nSPS) is 11.6. The molecular weight excluding hydrogens is 237 g/mol. The van der Waals surface area contributed by atoms with E-state index < -0.39 is 13.0 Å². The molecule has 1 aromatic rings. The number of benzene rings is 1. The minimum absolute atomic E-state index is 0.225. The second kappa shape index (κ2) is 5.88. The minimum atomic E-state index is -4.64. The monoisotopic (exact) mass is 250 g/mol. The molecule has 1 rings (SSSR count). The van der Waals surface area contributed by atoms with Crippen LogP contribution in [-0.4, -0.2) is 24.7 Å². The average molecular weight is 250 g/mol. The molecule has 0 bridgehead atoms. The van der Waals surface area contributed by atoms with E-state index in [9.17, 15) is 13.2 Å². The molecule has 0 saturated heterocycles. The zero-order valence-corrected chi connectivity index (χ0v) is 9.25. The van der Waals surface area contributed by atoms with Gasteiger partial charge in [-0.3, -0.25) is 4.74 Å². The number of aryl methyl sites for hydroxylation is 1. The molecule has 0 atom stereocenters. The summed E-state index contributed by atoms with van der Waals surface area (Å²) in [6.45, 7) is 0.810. The highest BCUT2D eigenvalue weighted by molar-refractivity contribution is 5.36. The number of hydrogen-bond acceptors (Lipinski definition) is 3. The van der Waals surface area contributed by atoms with E-state index >= 15 is 0 Å². The van der Waals surface area contributed by atoms with Crippen LogP contribution in [0.15, 0.2) is 18.2 Å². The highest BCUT2D eigenvalue weighted by Gasteiger charge is 2.28. The lowest BCUT2D eigenvalue weighted by Gasteiger charge is -2.12. The molecule has 0 radical (unpaired) electrons. The quantitative estimate of drug-likeness (QED) is 0.815. The third-order valence-electron chi connectivity index (χ3n) is 1.99. The lowest BCUT2D eigenvalue weighted by molar-refractivity contribution is -0.325. The van der Waals surface area contributed by atoms with Crippen molar-refractivity contribution in [1.29, 1.82) is 0 Å². The molecule has 0 heterocycles. The molecule has 0 aliphatic heterocycles. The zero-order valence-electron chi connectivity index (χ0n) is 9.25. The zero-order chi connectivity index (χ0) is 12.9. The van der Waals surface area contributed by atoms with Gasteiger partial charge in [0, 0.05) is 5.56 Å². The number of alkyl halides is 3. The highest BCUT2D eigenvalue weighted by atomic mass is 19.4. The summed E-state index contributed by atoms with van der Waals surface area (Å²) in [6.07, 6.45) is -4.64. The molecule has 3 nitrogen and oxygen atoms in total. The van der Waals surface area contributed by atoms with Gasteiger partial charge in [0.15, 0.2) is 0 Å². The van der Waals surface area contributed by atoms with Crippen molar-refractivity contribution in [2.45, 2.75) is 19.9 Å². The van der Waals surface area contributed by atoms with Gasteiger partial charge in [0.2, 0.25) is 0 Å². The largest absolute Gasteiger partial charge is 0.522 e. The summed E-state index contributed by atoms with van der Waals surface area (Å²) >= 11 is 0. The molecule has 0 aromatic heterocycles. The Morgan fingerprint density at radius 2 is 1.94 bits per heavy atom. The third-order valence-corrected chi connectivity index (χ3v) is 1.99. The van der Waals surface area contributed by atoms with Crippen molar-refractivity contribution in [1.82, 2.24) is 0 Å². The van der Waals surface area contributed by atoms with E-state index in [-0.39, 0.29) is 13.2 Å². The van der Waals surface area contributed by atoms with Crippen LogP contribution in [-0.2, 0) is 11.3 Å². The Bertz CT molecular complexity index is 363. The molecule has 0 aliphatic rings. The van der Waals surface area contributed by atoms with Crippen molar-refractivity contribution in [3.63, 3.8) is 0 Å². The van der Waals surface area contributed by atoms with Crippen LogP contribution >= 0.6 is 0 Å². The van der Waals surface area contributed by atoms with E-state index in [0.29, 0.717) is 11.3 Å². The van der Waals surface area contributed by atoms with E-state index in [1.165, 1.54) is 0 Å². The maximum atomic E-state index is 11.7. The summed E-state index contributed by atoms with van der Waals surface area (Å²) < 4.78 is 43.6. The topological polar surface area (TPSA) is 38.7 Å². The van der Waals surface area contributed by atoms with Crippen LogP contribution in [0.5, 0.6) is 5.75 Å². The van der Waals surface area contributed by atoms with Gasteiger partial charge in [-0.2, -0.15) is 0 Å². The van der Waals surface area contributed by atoms with Gasteiger partial charge in [0.05, 0.1) is 13.2 Å². The predicted molar refractivity (Wildman–Crippen MR) is 54.6 cm³/mol. The summed E-state index contributed by atoms with van der Waals surface area (Å²) in [5.41, 5.74) is 1.48. The lowest BCUT2D eigenvalue weighted by Crippen LogP contribution is -2.18. The standard InChI is InChI=1S/C11H13F3O3/c1-8-2-3-10(9(6-8)7-15)16-4-5-17-11(12,13)14/h2-3,6,15H,4-5,7H2,1H3. The van der Waals surface area contributed by atoms with Crippen LogP contribution in [0.25, 0.3) is 0 Å². The Morgan fingerprint density at radius 1 is 1.24 bits per heavy atom. The number of rotatable bonds is 5. The molecule has 1 N–H and O–H groups in total. The van der Waals surface area contributed by atoms with Crippen molar-refractivity contribution in [3.05, 3.63) is 29.3 Å². The average Bonchev–Trinajstić information content (AvgIpc) is 2.24. The first kappa shape index (κ1) is 13.8. The van der Waals surface area contributed by atoms with Crippen LogP contribution < -0.4 is 4.74 Å². The summed E-state index contributed by atoms with van der Waals surface area (Å²) in [5, 5.41) is 9.04. The van der Waals surface area contributed by atoms with Gasteiger partial charge in [-0.05, 0) is 13.0 Å². The van der Waals surface area contributed by atoms with E-state index in [2.05, 4.69) is 4.74 Å². The number of ether oxygens (including phenoxy) is 2. The van der Waals surface area contributed by atoms with Gasteiger partial charge >= 0.3 is 6.36 Å². The summed E-state index contributed by atoms with van der Waals surface area (Å²) in [4.78, 5) is 0. The van der Waals surface area contributed by atoms with E-state index in [1.54, 1.807) is 18.2 Å². The molecule has 0 spiro atoms. The minimum Gasteiger partial charge on any atom is -0.491 e. The molecule has 1 aromatic carbocycles. The second-order valence-corrected chi connectivity index (χ2v) is 3.41. The second-order valence-electron chi connectivity index (χ2n) is 3.41. The molecule has 96 valence electrons. The van der Waals surface area contributed by atoms with Gasteiger partial charge in [-0.15, -0.1) is 13.2 Å². The summed E-state index contributed by atoms with van der Waals surface area (Å²) in [6, 6.07) is 5.06. The fraction of sp³-hybridized carbons (Fsp3) is 0.455. The molecule has 0 aliphatic carbocycles. The number of hydrogen-bond donors (Lipinski definition) is 1. The Hall–Kier alpha value is -1.27. The van der Waals surface area contributed by atoms with E-state index in [0.717, 1.165) is 5.56 Å². The first-order valence-electron chi connectivity index (χ1n) is 4.96. The van der Waals surface area contributed by atoms with Crippen LogP contribution in [0.4, 0.5) is 13.2 Å². The van der Waals surface area contributed by atoms with Crippen LogP contribution in [0.1, 0.15) is 11.1 Å². The highest BCUT2D eigenvalue weighted by Crippen LogP contribution is 2.20. The maximum absolute atomic E-state index is 11.7. The molecular formula is C11H13F3O3. The molecule has 0 amide bonds. The van der Waals surface area contributed by atoms with Crippen molar-refractivity contribution < 1.29 is 27.8 Å². The van der Waals surface area contributed by atoms with Crippen molar-refractivity contribution in [3.8, 4) is 5.75 Å². The molecule has 6 heteroatoms. The van der Waals surface area contributed by atoms with Gasteiger partial charge in [0.1, 0.15) is 12.4 Å². The maximum Gasteiger partial charge on any atom is 0.522 e. The van der Waals surface area contributed by atoms with Crippen molar-refractivity contribution in [2.75, 3.05) is 13.2 Å². The van der Waals surface area contributed by atoms with Crippen molar-refractivity contribution in [2.24, 2.45) is 0 Å². The smallest absolute Gasteiger partial charge is 0.491 e. The number of aliphatic hydroxyl groups excluding tert-OH is 1. The van der Waals surface area contributed by atoms with E-state index in [4.69, 9.17) is 9.84 Å². The summed E-state index contributed by atoms with van der Waals surface area (Å²) in [7, 11) is 0. The van der Waals surface area contributed by atoms with E-state index in [1.807, 2.05) is 6.92 Å². The van der Waals surface area contributed by atoms with Gasteiger partial charge in [0.25, 0.3) is 0 Å². The SMILES string of the molecule is Cc1ccc(OCCOC(F)(F)F)c(CO)c1. The Balaban J connectivity index is 2.46. The first-order chi connectivity index (χ1) is 7.92. The molecule has 0 unspecified atom stereocenters. The molecule has 0 fully saturated rings. The fourth-order valence-corrected chi connectivity index (χ4v) is 1.28. The summed E-state index contributed by atoms with van der Waals surface area (Å²) in [5.74, 6) is 0.365. The first-order valence-corrected chi connectivity index (χ1v) is 4.96.